The molecule has 0 saturated carbocycles. The van der Waals surface area contributed by atoms with Crippen LogP contribution in [0.4, 0.5) is 5.69 Å². The molecule has 0 aromatic heterocycles. The molecule has 1 aromatic rings. The predicted molar refractivity (Wildman–Crippen MR) is 77.7 cm³/mol. The molecule has 1 aromatic carbocycles. The number of anilines is 1. The van der Waals surface area contributed by atoms with Crippen molar-refractivity contribution in [3.8, 4) is 0 Å². The van der Waals surface area contributed by atoms with Gasteiger partial charge in [-0.1, -0.05) is 12.1 Å². The van der Waals surface area contributed by atoms with E-state index in [-0.39, 0.29) is 19.1 Å². The van der Waals surface area contributed by atoms with Crippen LogP contribution in [0, 0.1) is 5.92 Å². The van der Waals surface area contributed by atoms with Gasteiger partial charge < -0.3 is 20.5 Å². The van der Waals surface area contributed by atoms with Gasteiger partial charge in [-0.3, -0.25) is 9.59 Å². The molecule has 1 aliphatic heterocycles. The van der Waals surface area contributed by atoms with Crippen LogP contribution in [-0.4, -0.2) is 48.2 Å². The van der Waals surface area contributed by atoms with E-state index in [0.29, 0.717) is 18.5 Å². The topological polar surface area (TPSA) is 92.9 Å². The predicted octanol–water partition coefficient (Wildman–Crippen LogP) is 0.759. The number of carbonyl (C=O) groups excluding carboxylic acids is 1. The van der Waals surface area contributed by atoms with E-state index in [0.717, 1.165) is 5.56 Å². The first-order valence-corrected chi connectivity index (χ1v) is 6.89. The number of amides is 1. The lowest BCUT2D eigenvalue weighted by atomic mass is 10.0. The number of ether oxygens (including phenoxy) is 1. The molecule has 1 heterocycles. The Balaban J connectivity index is 1.92. The van der Waals surface area contributed by atoms with Gasteiger partial charge in [0.05, 0.1) is 19.3 Å². The molecule has 0 spiro atoms. The average molecular weight is 292 g/mol. The second-order valence-electron chi connectivity index (χ2n) is 5.30. The van der Waals surface area contributed by atoms with Crippen LogP contribution < -0.4 is 5.73 Å². The SMILES string of the molecule is CN(C(=O)CCc1cccc(N)c1)C1COCC1C(=O)O. The Morgan fingerprint density at radius 3 is 2.86 bits per heavy atom. The molecule has 1 saturated heterocycles. The fourth-order valence-corrected chi connectivity index (χ4v) is 2.52. The number of carbonyl (C=O) groups is 2. The summed E-state index contributed by atoms with van der Waals surface area (Å²) < 4.78 is 5.19. The Morgan fingerprint density at radius 2 is 2.19 bits per heavy atom. The third kappa shape index (κ3) is 3.72. The Labute approximate surface area is 123 Å². The normalized spacial score (nSPS) is 21.2. The lowest BCUT2D eigenvalue weighted by Gasteiger charge is -2.26. The summed E-state index contributed by atoms with van der Waals surface area (Å²) in [5.74, 6) is -1.65. The van der Waals surface area contributed by atoms with Gasteiger partial charge in [0.15, 0.2) is 0 Å². The average Bonchev–Trinajstić information content (AvgIpc) is 2.93. The van der Waals surface area contributed by atoms with Gasteiger partial charge in [-0.05, 0) is 24.1 Å². The van der Waals surface area contributed by atoms with E-state index in [2.05, 4.69) is 0 Å². The number of hydrogen-bond donors (Lipinski definition) is 2. The number of nitrogen functional groups attached to an aromatic ring is 1. The number of carboxylic acids is 1. The Bertz CT molecular complexity index is 532. The smallest absolute Gasteiger partial charge is 0.311 e. The first-order valence-electron chi connectivity index (χ1n) is 6.89. The Morgan fingerprint density at radius 1 is 1.43 bits per heavy atom. The highest BCUT2D eigenvalue weighted by Crippen LogP contribution is 2.20. The fraction of sp³-hybridized carbons (Fsp3) is 0.467. The van der Waals surface area contributed by atoms with E-state index in [9.17, 15) is 9.59 Å². The van der Waals surface area contributed by atoms with Crippen LogP contribution in [0.2, 0.25) is 0 Å². The third-order valence-electron chi connectivity index (χ3n) is 3.84. The molecule has 114 valence electrons. The molecule has 2 rings (SSSR count). The number of carboxylic acid groups (broad SMARTS) is 1. The third-order valence-corrected chi connectivity index (χ3v) is 3.84. The minimum Gasteiger partial charge on any atom is -0.481 e. The summed E-state index contributed by atoms with van der Waals surface area (Å²) in [6.45, 7) is 0.435. The molecular weight excluding hydrogens is 272 g/mol. The zero-order valence-electron chi connectivity index (χ0n) is 12.0. The molecule has 0 bridgehead atoms. The second kappa shape index (κ2) is 6.58. The highest BCUT2D eigenvalue weighted by Gasteiger charge is 2.38. The number of nitrogens with two attached hydrogens (primary N) is 1. The van der Waals surface area contributed by atoms with Gasteiger partial charge >= 0.3 is 5.97 Å². The standard InChI is InChI=1S/C15H20N2O4/c1-17(13-9-21-8-12(13)15(19)20)14(18)6-5-10-3-2-4-11(16)7-10/h2-4,7,12-13H,5-6,8-9,16H2,1H3,(H,19,20). The van der Waals surface area contributed by atoms with Crippen LogP contribution in [-0.2, 0) is 20.7 Å². The van der Waals surface area contributed by atoms with Crippen molar-refractivity contribution in [3.63, 3.8) is 0 Å². The molecule has 0 aliphatic carbocycles. The number of aryl methyl sites for hydroxylation is 1. The largest absolute Gasteiger partial charge is 0.481 e. The van der Waals surface area contributed by atoms with Crippen molar-refractivity contribution >= 4 is 17.6 Å². The van der Waals surface area contributed by atoms with Crippen LogP contribution in [0.5, 0.6) is 0 Å². The summed E-state index contributed by atoms with van der Waals surface area (Å²) in [5.41, 5.74) is 7.36. The molecule has 6 nitrogen and oxygen atoms in total. The summed E-state index contributed by atoms with van der Waals surface area (Å²) in [6.07, 6.45) is 0.905. The van der Waals surface area contributed by atoms with Gasteiger partial charge in [0.2, 0.25) is 5.91 Å². The van der Waals surface area contributed by atoms with E-state index in [1.165, 1.54) is 4.90 Å². The van der Waals surface area contributed by atoms with Gasteiger partial charge in [0.1, 0.15) is 5.92 Å². The van der Waals surface area contributed by atoms with Gasteiger partial charge in [-0.2, -0.15) is 0 Å². The van der Waals surface area contributed by atoms with Gasteiger partial charge in [-0.25, -0.2) is 0 Å². The van der Waals surface area contributed by atoms with Crippen molar-refractivity contribution < 1.29 is 19.4 Å². The molecule has 2 unspecified atom stereocenters. The highest BCUT2D eigenvalue weighted by molar-refractivity contribution is 5.78. The van der Waals surface area contributed by atoms with E-state index >= 15 is 0 Å². The zero-order chi connectivity index (χ0) is 15.4. The van der Waals surface area contributed by atoms with Crippen LogP contribution in [0.3, 0.4) is 0 Å². The molecule has 2 atom stereocenters. The molecule has 3 N–H and O–H groups in total. The maximum atomic E-state index is 12.2. The van der Waals surface area contributed by atoms with Crippen molar-refractivity contribution in [2.45, 2.75) is 18.9 Å². The molecule has 21 heavy (non-hydrogen) atoms. The molecular formula is C15H20N2O4. The maximum absolute atomic E-state index is 12.2. The minimum absolute atomic E-state index is 0.0841. The van der Waals surface area contributed by atoms with E-state index in [1.807, 2.05) is 18.2 Å². The first-order chi connectivity index (χ1) is 9.99. The van der Waals surface area contributed by atoms with Crippen molar-refractivity contribution in [2.75, 3.05) is 26.0 Å². The number of aliphatic carboxylic acids is 1. The van der Waals surface area contributed by atoms with Crippen molar-refractivity contribution in [1.29, 1.82) is 0 Å². The van der Waals surface area contributed by atoms with Gasteiger partial charge in [-0.15, -0.1) is 0 Å². The van der Waals surface area contributed by atoms with Crippen molar-refractivity contribution in [3.05, 3.63) is 29.8 Å². The van der Waals surface area contributed by atoms with E-state index in [1.54, 1.807) is 13.1 Å². The summed E-state index contributed by atoms with van der Waals surface area (Å²) in [6, 6.07) is 7.01. The maximum Gasteiger partial charge on any atom is 0.311 e. The lowest BCUT2D eigenvalue weighted by molar-refractivity contribution is -0.144. The molecule has 0 radical (unpaired) electrons. The van der Waals surface area contributed by atoms with Gasteiger partial charge in [0.25, 0.3) is 0 Å². The van der Waals surface area contributed by atoms with Crippen LogP contribution in [0.15, 0.2) is 24.3 Å². The van der Waals surface area contributed by atoms with E-state index < -0.39 is 17.9 Å². The highest BCUT2D eigenvalue weighted by atomic mass is 16.5. The Kier molecular flexibility index (Phi) is 4.80. The number of hydrogen-bond acceptors (Lipinski definition) is 4. The van der Waals surface area contributed by atoms with Gasteiger partial charge in [0, 0.05) is 19.2 Å². The molecule has 1 amide bonds. The lowest BCUT2D eigenvalue weighted by Crippen LogP contribution is -2.44. The zero-order valence-corrected chi connectivity index (χ0v) is 12.0. The first kappa shape index (κ1) is 15.3. The number of rotatable bonds is 5. The number of nitrogens with zero attached hydrogens (tertiary/aromatic N) is 1. The Hall–Kier alpha value is -2.08. The second-order valence-corrected chi connectivity index (χ2v) is 5.30. The van der Waals surface area contributed by atoms with E-state index in [4.69, 9.17) is 15.6 Å². The molecule has 1 fully saturated rings. The molecule has 6 heteroatoms. The van der Waals surface area contributed by atoms with Crippen LogP contribution in [0.1, 0.15) is 12.0 Å². The fourth-order valence-electron chi connectivity index (χ4n) is 2.52. The number of benzene rings is 1. The van der Waals surface area contributed by atoms with Crippen molar-refractivity contribution in [1.82, 2.24) is 4.90 Å². The minimum atomic E-state index is -0.923. The summed E-state index contributed by atoms with van der Waals surface area (Å²) >= 11 is 0. The quantitative estimate of drug-likeness (QED) is 0.782. The number of likely N-dealkylation sites (N-methyl/N-ethyl adjacent to an activating group) is 1. The van der Waals surface area contributed by atoms with Crippen LogP contribution in [0.25, 0.3) is 0 Å². The summed E-state index contributed by atoms with van der Waals surface area (Å²) in [7, 11) is 1.64. The van der Waals surface area contributed by atoms with Crippen LogP contribution >= 0.6 is 0 Å². The molecule has 1 aliphatic rings. The summed E-state index contributed by atoms with van der Waals surface area (Å²) in [4.78, 5) is 24.8. The monoisotopic (exact) mass is 292 g/mol. The summed E-state index contributed by atoms with van der Waals surface area (Å²) in [5, 5.41) is 9.12. The van der Waals surface area contributed by atoms with Crippen molar-refractivity contribution in [2.24, 2.45) is 5.92 Å².